The SMILES string of the molecule is Cc1[nH]nc2ncc(C(=O)N3CCC4(CCNC4)CC3)cc12. The number of aromatic amines is 1. The number of aryl methyl sites for hydroxylation is 1. The zero-order valence-electron chi connectivity index (χ0n) is 12.9. The van der Waals surface area contributed by atoms with Crippen LogP contribution in [0, 0.1) is 12.3 Å². The zero-order chi connectivity index (χ0) is 15.2. The molecule has 0 bridgehead atoms. The molecule has 4 heterocycles. The third-order valence-electron chi connectivity index (χ3n) is 5.29. The van der Waals surface area contributed by atoms with Gasteiger partial charge in [-0.3, -0.25) is 9.89 Å². The van der Waals surface area contributed by atoms with Gasteiger partial charge in [0, 0.05) is 36.9 Å². The van der Waals surface area contributed by atoms with Crippen LogP contribution in [0.5, 0.6) is 0 Å². The number of amides is 1. The Morgan fingerprint density at radius 3 is 2.86 bits per heavy atom. The number of nitrogens with zero attached hydrogens (tertiary/aromatic N) is 3. The smallest absolute Gasteiger partial charge is 0.255 e. The quantitative estimate of drug-likeness (QED) is 0.836. The second-order valence-corrected chi connectivity index (χ2v) is 6.66. The summed E-state index contributed by atoms with van der Waals surface area (Å²) >= 11 is 0. The minimum Gasteiger partial charge on any atom is -0.339 e. The highest BCUT2D eigenvalue weighted by Gasteiger charge is 2.38. The summed E-state index contributed by atoms with van der Waals surface area (Å²) in [5.41, 5.74) is 2.72. The van der Waals surface area contributed by atoms with Gasteiger partial charge in [0.15, 0.2) is 5.65 Å². The number of aromatic nitrogens is 3. The van der Waals surface area contributed by atoms with Crippen LogP contribution >= 0.6 is 0 Å². The molecule has 6 heteroatoms. The van der Waals surface area contributed by atoms with Gasteiger partial charge in [-0.15, -0.1) is 0 Å². The van der Waals surface area contributed by atoms with Gasteiger partial charge in [-0.1, -0.05) is 0 Å². The van der Waals surface area contributed by atoms with E-state index in [1.54, 1.807) is 6.20 Å². The van der Waals surface area contributed by atoms with Crippen molar-refractivity contribution in [3.8, 4) is 0 Å². The van der Waals surface area contributed by atoms with E-state index in [0.717, 1.165) is 50.1 Å². The van der Waals surface area contributed by atoms with E-state index in [2.05, 4.69) is 20.5 Å². The van der Waals surface area contributed by atoms with Crippen LogP contribution in [0.2, 0.25) is 0 Å². The van der Waals surface area contributed by atoms with Crippen LogP contribution in [0.3, 0.4) is 0 Å². The first-order chi connectivity index (χ1) is 10.7. The van der Waals surface area contributed by atoms with E-state index < -0.39 is 0 Å². The van der Waals surface area contributed by atoms with E-state index in [1.807, 2.05) is 17.9 Å². The highest BCUT2D eigenvalue weighted by atomic mass is 16.2. The molecular formula is C16H21N5O. The van der Waals surface area contributed by atoms with Gasteiger partial charge in [0.05, 0.1) is 5.56 Å². The molecule has 4 rings (SSSR count). The van der Waals surface area contributed by atoms with Crippen molar-refractivity contribution < 1.29 is 4.79 Å². The lowest BCUT2D eigenvalue weighted by atomic mass is 9.78. The Morgan fingerprint density at radius 2 is 2.14 bits per heavy atom. The van der Waals surface area contributed by atoms with Crippen LogP contribution in [-0.4, -0.2) is 52.2 Å². The van der Waals surface area contributed by atoms with Gasteiger partial charge in [-0.05, 0) is 44.2 Å². The summed E-state index contributed by atoms with van der Waals surface area (Å²) in [6, 6.07) is 1.91. The first-order valence-electron chi connectivity index (χ1n) is 7.98. The molecule has 1 amide bonds. The maximum absolute atomic E-state index is 12.7. The van der Waals surface area contributed by atoms with Crippen molar-refractivity contribution >= 4 is 16.9 Å². The lowest BCUT2D eigenvalue weighted by Gasteiger charge is -2.38. The topological polar surface area (TPSA) is 73.9 Å². The third-order valence-corrected chi connectivity index (χ3v) is 5.29. The standard InChI is InChI=1S/C16H21N5O/c1-11-13-8-12(9-18-14(13)20-19-11)15(22)21-6-3-16(4-7-21)2-5-17-10-16/h8-9,17H,2-7,10H2,1H3,(H,18,19,20). The summed E-state index contributed by atoms with van der Waals surface area (Å²) < 4.78 is 0. The van der Waals surface area contributed by atoms with E-state index in [9.17, 15) is 4.79 Å². The Morgan fingerprint density at radius 1 is 1.32 bits per heavy atom. The molecule has 2 aliphatic heterocycles. The average Bonchev–Trinajstić information content (AvgIpc) is 3.15. The van der Waals surface area contributed by atoms with Crippen molar-refractivity contribution in [1.82, 2.24) is 25.4 Å². The highest BCUT2D eigenvalue weighted by Crippen LogP contribution is 2.37. The number of pyridine rings is 1. The van der Waals surface area contributed by atoms with E-state index in [1.165, 1.54) is 6.42 Å². The molecule has 0 atom stereocenters. The molecule has 1 spiro atoms. The van der Waals surface area contributed by atoms with Crippen LogP contribution in [0.25, 0.3) is 11.0 Å². The van der Waals surface area contributed by atoms with E-state index >= 15 is 0 Å². The molecular weight excluding hydrogens is 278 g/mol. The largest absolute Gasteiger partial charge is 0.339 e. The molecule has 2 aromatic heterocycles. The van der Waals surface area contributed by atoms with Crippen LogP contribution in [0.4, 0.5) is 0 Å². The maximum Gasteiger partial charge on any atom is 0.255 e. The molecule has 2 saturated heterocycles. The van der Waals surface area contributed by atoms with Crippen molar-refractivity contribution in [2.24, 2.45) is 5.41 Å². The number of fused-ring (bicyclic) bond motifs is 1. The van der Waals surface area contributed by atoms with Gasteiger partial charge in [-0.25, -0.2) is 4.98 Å². The fraction of sp³-hybridized carbons (Fsp3) is 0.562. The van der Waals surface area contributed by atoms with Crippen molar-refractivity contribution in [2.45, 2.75) is 26.2 Å². The number of carbonyl (C=O) groups excluding carboxylic acids is 1. The normalized spacial score (nSPS) is 20.9. The number of hydrogen-bond donors (Lipinski definition) is 2. The molecule has 2 aromatic rings. The Bertz CT molecular complexity index is 706. The number of rotatable bonds is 1. The molecule has 0 radical (unpaired) electrons. The lowest BCUT2D eigenvalue weighted by molar-refractivity contribution is 0.0607. The Labute approximate surface area is 129 Å². The van der Waals surface area contributed by atoms with Crippen LogP contribution in [-0.2, 0) is 0 Å². The molecule has 0 saturated carbocycles. The zero-order valence-corrected chi connectivity index (χ0v) is 12.9. The molecule has 2 N–H and O–H groups in total. The van der Waals surface area contributed by atoms with Gasteiger partial charge in [0.1, 0.15) is 0 Å². The van der Waals surface area contributed by atoms with Crippen LogP contribution < -0.4 is 5.32 Å². The number of piperidine rings is 1. The molecule has 0 aliphatic carbocycles. The fourth-order valence-corrected chi connectivity index (χ4v) is 3.73. The van der Waals surface area contributed by atoms with E-state index in [0.29, 0.717) is 16.6 Å². The Kier molecular flexibility index (Phi) is 3.14. The van der Waals surface area contributed by atoms with Gasteiger partial charge >= 0.3 is 0 Å². The average molecular weight is 299 g/mol. The predicted molar refractivity (Wildman–Crippen MR) is 83.7 cm³/mol. The number of nitrogens with one attached hydrogen (secondary N) is 2. The monoisotopic (exact) mass is 299 g/mol. The molecule has 6 nitrogen and oxygen atoms in total. The second-order valence-electron chi connectivity index (χ2n) is 6.66. The number of likely N-dealkylation sites (tertiary alicyclic amines) is 1. The fourth-order valence-electron chi connectivity index (χ4n) is 3.73. The summed E-state index contributed by atoms with van der Waals surface area (Å²) in [5, 5.41) is 11.4. The van der Waals surface area contributed by atoms with Crippen LogP contribution in [0.1, 0.15) is 35.3 Å². The summed E-state index contributed by atoms with van der Waals surface area (Å²) in [5.74, 6) is 0.0933. The highest BCUT2D eigenvalue weighted by molar-refractivity contribution is 5.97. The van der Waals surface area contributed by atoms with E-state index in [4.69, 9.17) is 0 Å². The first-order valence-corrected chi connectivity index (χ1v) is 7.98. The van der Waals surface area contributed by atoms with E-state index in [-0.39, 0.29) is 5.91 Å². The summed E-state index contributed by atoms with van der Waals surface area (Å²) in [6.07, 6.45) is 5.10. The molecule has 22 heavy (non-hydrogen) atoms. The van der Waals surface area contributed by atoms with Crippen LogP contribution in [0.15, 0.2) is 12.3 Å². The lowest BCUT2D eigenvalue weighted by Crippen LogP contribution is -2.44. The Balaban J connectivity index is 1.52. The second kappa shape index (κ2) is 5.05. The van der Waals surface area contributed by atoms with Gasteiger partial charge in [-0.2, -0.15) is 5.10 Å². The van der Waals surface area contributed by atoms with Gasteiger partial charge in [0.25, 0.3) is 5.91 Å². The first kappa shape index (κ1) is 13.7. The summed E-state index contributed by atoms with van der Waals surface area (Å²) in [7, 11) is 0. The summed E-state index contributed by atoms with van der Waals surface area (Å²) in [6.45, 7) is 5.87. The molecule has 116 valence electrons. The molecule has 0 aromatic carbocycles. The molecule has 2 aliphatic rings. The van der Waals surface area contributed by atoms with Crippen molar-refractivity contribution in [3.05, 3.63) is 23.5 Å². The molecule has 2 fully saturated rings. The van der Waals surface area contributed by atoms with Gasteiger partial charge in [0.2, 0.25) is 0 Å². The van der Waals surface area contributed by atoms with Crippen molar-refractivity contribution in [3.63, 3.8) is 0 Å². The summed E-state index contributed by atoms with van der Waals surface area (Å²) in [4.78, 5) is 19.0. The molecule has 0 unspecified atom stereocenters. The maximum atomic E-state index is 12.7. The third kappa shape index (κ3) is 2.18. The minimum absolute atomic E-state index is 0.0933. The Hall–Kier alpha value is -1.95. The number of hydrogen-bond acceptors (Lipinski definition) is 4. The number of carbonyl (C=O) groups is 1. The predicted octanol–water partition coefficient (Wildman–Crippen LogP) is 1.48. The van der Waals surface area contributed by atoms with Crippen molar-refractivity contribution in [2.75, 3.05) is 26.2 Å². The van der Waals surface area contributed by atoms with Gasteiger partial charge < -0.3 is 10.2 Å². The number of H-pyrrole nitrogens is 1. The minimum atomic E-state index is 0.0933. The van der Waals surface area contributed by atoms with Crippen molar-refractivity contribution in [1.29, 1.82) is 0 Å².